The Balaban J connectivity index is 1.97. The van der Waals surface area contributed by atoms with Crippen molar-refractivity contribution in [1.82, 2.24) is 0 Å². The molecule has 2 unspecified atom stereocenters. The van der Waals surface area contributed by atoms with E-state index >= 15 is 0 Å². The third kappa shape index (κ3) is 3.30. The fourth-order valence-electron chi connectivity index (χ4n) is 2.25. The SMILES string of the molecule is COc1ccc(CC(=O)C2CCC(CN)O2)cc1F. The average molecular weight is 267 g/mol. The number of methoxy groups -OCH3 is 1. The van der Waals surface area contributed by atoms with Gasteiger partial charge in [-0.05, 0) is 30.5 Å². The number of nitrogens with two attached hydrogens (primary N) is 1. The molecule has 1 aromatic rings. The Morgan fingerprint density at radius 3 is 2.89 bits per heavy atom. The highest BCUT2D eigenvalue weighted by Crippen LogP contribution is 2.22. The number of benzene rings is 1. The molecule has 19 heavy (non-hydrogen) atoms. The molecule has 1 aliphatic rings. The molecule has 0 aliphatic carbocycles. The molecule has 1 aromatic carbocycles. The lowest BCUT2D eigenvalue weighted by Crippen LogP contribution is -2.26. The Kier molecular flexibility index (Phi) is 4.50. The van der Waals surface area contributed by atoms with E-state index in [1.54, 1.807) is 6.07 Å². The fourth-order valence-corrected chi connectivity index (χ4v) is 2.25. The van der Waals surface area contributed by atoms with E-state index in [1.807, 2.05) is 0 Å². The zero-order chi connectivity index (χ0) is 13.8. The van der Waals surface area contributed by atoms with Gasteiger partial charge in [-0.1, -0.05) is 6.07 Å². The molecule has 1 fully saturated rings. The second-order valence-electron chi connectivity index (χ2n) is 4.67. The van der Waals surface area contributed by atoms with Crippen LogP contribution in [-0.2, 0) is 16.0 Å². The zero-order valence-corrected chi connectivity index (χ0v) is 10.9. The standard InChI is InChI=1S/C14H18FNO3/c1-18-13-4-2-9(6-11(13)15)7-12(17)14-5-3-10(8-16)19-14/h2,4,6,10,14H,3,5,7-8,16H2,1H3. The number of ketones is 1. The molecular formula is C14H18FNO3. The minimum atomic E-state index is -0.458. The number of halogens is 1. The lowest BCUT2D eigenvalue weighted by Gasteiger charge is -2.11. The van der Waals surface area contributed by atoms with E-state index in [-0.39, 0.29) is 24.1 Å². The lowest BCUT2D eigenvalue weighted by molar-refractivity contribution is -0.128. The van der Waals surface area contributed by atoms with Crippen LogP contribution in [-0.4, -0.2) is 31.6 Å². The molecule has 0 radical (unpaired) electrons. The summed E-state index contributed by atoms with van der Waals surface area (Å²) in [6.45, 7) is 0.431. The van der Waals surface area contributed by atoms with Gasteiger partial charge in [0.1, 0.15) is 6.10 Å². The Morgan fingerprint density at radius 2 is 2.32 bits per heavy atom. The highest BCUT2D eigenvalue weighted by Gasteiger charge is 2.29. The molecule has 5 heteroatoms. The molecule has 104 valence electrons. The lowest BCUT2D eigenvalue weighted by atomic mass is 10.0. The summed E-state index contributed by atoms with van der Waals surface area (Å²) < 4.78 is 23.9. The van der Waals surface area contributed by atoms with Gasteiger partial charge in [0, 0.05) is 13.0 Å². The number of hydrogen-bond acceptors (Lipinski definition) is 4. The number of ether oxygens (including phenoxy) is 2. The van der Waals surface area contributed by atoms with Crippen molar-refractivity contribution in [2.24, 2.45) is 5.73 Å². The number of carbonyl (C=O) groups is 1. The zero-order valence-electron chi connectivity index (χ0n) is 10.9. The van der Waals surface area contributed by atoms with E-state index in [0.29, 0.717) is 18.5 Å². The first-order valence-electron chi connectivity index (χ1n) is 6.34. The fraction of sp³-hybridized carbons (Fsp3) is 0.500. The maximum Gasteiger partial charge on any atom is 0.165 e. The van der Waals surface area contributed by atoms with Crippen LogP contribution in [0.25, 0.3) is 0 Å². The summed E-state index contributed by atoms with van der Waals surface area (Å²) in [6, 6.07) is 4.54. The monoisotopic (exact) mass is 267 g/mol. The minimum absolute atomic E-state index is 0.0263. The van der Waals surface area contributed by atoms with Crippen LogP contribution in [0.15, 0.2) is 18.2 Å². The summed E-state index contributed by atoms with van der Waals surface area (Å²) in [5.74, 6) is -0.308. The number of Topliss-reactive ketones (excluding diaryl/α,β-unsaturated/α-hetero) is 1. The van der Waals surface area contributed by atoms with Crippen molar-refractivity contribution in [1.29, 1.82) is 0 Å². The van der Waals surface area contributed by atoms with Gasteiger partial charge in [-0.15, -0.1) is 0 Å². The third-order valence-corrected chi connectivity index (χ3v) is 3.32. The first kappa shape index (κ1) is 14.0. The second kappa shape index (κ2) is 6.12. The second-order valence-corrected chi connectivity index (χ2v) is 4.67. The molecule has 0 amide bonds. The molecule has 2 atom stereocenters. The highest BCUT2D eigenvalue weighted by molar-refractivity contribution is 5.85. The third-order valence-electron chi connectivity index (χ3n) is 3.32. The van der Waals surface area contributed by atoms with Crippen molar-refractivity contribution in [2.75, 3.05) is 13.7 Å². The van der Waals surface area contributed by atoms with E-state index in [1.165, 1.54) is 19.2 Å². The van der Waals surface area contributed by atoms with E-state index in [4.69, 9.17) is 15.2 Å². The summed E-state index contributed by atoms with van der Waals surface area (Å²) in [5, 5.41) is 0. The van der Waals surface area contributed by atoms with Crippen LogP contribution in [0, 0.1) is 5.82 Å². The summed E-state index contributed by atoms with van der Waals surface area (Å²) in [6.07, 6.45) is 1.24. The van der Waals surface area contributed by atoms with Crippen LogP contribution in [0.5, 0.6) is 5.75 Å². The van der Waals surface area contributed by atoms with Crippen LogP contribution in [0.3, 0.4) is 0 Å². The molecule has 0 aromatic heterocycles. The van der Waals surface area contributed by atoms with Gasteiger partial charge < -0.3 is 15.2 Å². The first-order valence-corrected chi connectivity index (χ1v) is 6.34. The van der Waals surface area contributed by atoms with Crippen LogP contribution >= 0.6 is 0 Å². The quantitative estimate of drug-likeness (QED) is 0.877. The van der Waals surface area contributed by atoms with Gasteiger partial charge in [0.05, 0.1) is 13.2 Å². The Morgan fingerprint density at radius 1 is 1.53 bits per heavy atom. The van der Waals surface area contributed by atoms with Gasteiger partial charge in [0.15, 0.2) is 17.3 Å². The molecule has 2 rings (SSSR count). The topological polar surface area (TPSA) is 61.5 Å². The summed E-state index contributed by atoms with van der Waals surface area (Å²) in [5.41, 5.74) is 6.13. The van der Waals surface area contributed by atoms with Gasteiger partial charge in [0.25, 0.3) is 0 Å². The van der Waals surface area contributed by atoms with Crippen LogP contribution in [0.2, 0.25) is 0 Å². The summed E-state index contributed by atoms with van der Waals surface area (Å²) >= 11 is 0. The Hall–Kier alpha value is -1.46. The summed E-state index contributed by atoms with van der Waals surface area (Å²) in [7, 11) is 1.41. The van der Waals surface area contributed by atoms with Gasteiger partial charge >= 0.3 is 0 Å². The number of carbonyl (C=O) groups excluding carboxylic acids is 1. The molecule has 0 spiro atoms. The van der Waals surface area contributed by atoms with Crippen molar-refractivity contribution in [3.8, 4) is 5.75 Å². The van der Waals surface area contributed by atoms with E-state index in [0.717, 1.165) is 6.42 Å². The van der Waals surface area contributed by atoms with E-state index < -0.39 is 11.9 Å². The summed E-state index contributed by atoms with van der Waals surface area (Å²) in [4.78, 5) is 12.0. The molecule has 1 heterocycles. The maximum absolute atomic E-state index is 13.5. The van der Waals surface area contributed by atoms with Crippen LogP contribution in [0.1, 0.15) is 18.4 Å². The molecule has 1 aliphatic heterocycles. The predicted molar refractivity (Wildman–Crippen MR) is 68.6 cm³/mol. The number of hydrogen-bond donors (Lipinski definition) is 1. The van der Waals surface area contributed by atoms with Crippen molar-refractivity contribution >= 4 is 5.78 Å². The molecule has 0 bridgehead atoms. The smallest absolute Gasteiger partial charge is 0.165 e. The van der Waals surface area contributed by atoms with Crippen molar-refractivity contribution in [2.45, 2.75) is 31.5 Å². The Labute approximate surface area is 111 Å². The van der Waals surface area contributed by atoms with Crippen LogP contribution < -0.4 is 10.5 Å². The van der Waals surface area contributed by atoms with E-state index in [2.05, 4.69) is 0 Å². The average Bonchev–Trinajstić information content (AvgIpc) is 2.88. The van der Waals surface area contributed by atoms with Crippen LogP contribution in [0.4, 0.5) is 4.39 Å². The molecule has 0 saturated carbocycles. The van der Waals surface area contributed by atoms with Crippen molar-refractivity contribution in [3.63, 3.8) is 0 Å². The van der Waals surface area contributed by atoms with Crippen molar-refractivity contribution < 1.29 is 18.7 Å². The highest BCUT2D eigenvalue weighted by atomic mass is 19.1. The number of rotatable bonds is 5. The molecule has 2 N–H and O–H groups in total. The Bertz CT molecular complexity index is 464. The molecule has 4 nitrogen and oxygen atoms in total. The first-order chi connectivity index (χ1) is 9.13. The minimum Gasteiger partial charge on any atom is -0.494 e. The normalized spacial score (nSPS) is 22.5. The largest absolute Gasteiger partial charge is 0.494 e. The predicted octanol–water partition coefficient (Wildman–Crippen LogP) is 1.45. The molecular weight excluding hydrogens is 249 g/mol. The van der Waals surface area contributed by atoms with Gasteiger partial charge in [-0.25, -0.2) is 4.39 Å². The van der Waals surface area contributed by atoms with Gasteiger partial charge in [-0.3, -0.25) is 4.79 Å². The van der Waals surface area contributed by atoms with Gasteiger partial charge in [-0.2, -0.15) is 0 Å². The maximum atomic E-state index is 13.5. The molecule has 1 saturated heterocycles. The van der Waals surface area contributed by atoms with Crippen molar-refractivity contribution in [3.05, 3.63) is 29.6 Å². The van der Waals surface area contributed by atoms with Gasteiger partial charge in [0.2, 0.25) is 0 Å². The van der Waals surface area contributed by atoms with E-state index in [9.17, 15) is 9.18 Å².